The van der Waals surface area contributed by atoms with Crippen molar-refractivity contribution in [1.82, 2.24) is 10.2 Å². The Hall–Kier alpha value is -0.0800. The molecule has 1 aliphatic heterocycles. The molecule has 1 saturated heterocycles. The van der Waals surface area contributed by atoms with Gasteiger partial charge in [0.15, 0.2) is 0 Å². The standard InChI is InChI=1S/C14H30N2/c1-6-15-13(14(3,4)5)11-16-9-7-12(2)8-10-16/h12-13,15H,6-11H2,1-5H3. The summed E-state index contributed by atoms with van der Waals surface area (Å²) in [7, 11) is 0. The molecular formula is C14H30N2. The number of likely N-dealkylation sites (tertiary alicyclic amines) is 1. The van der Waals surface area contributed by atoms with Crippen LogP contribution < -0.4 is 5.32 Å². The predicted molar refractivity (Wildman–Crippen MR) is 71.8 cm³/mol. The molecule has 1 heterocycles. The van der Waals surface area contributed by atoms with Crippen LogP contribution in [0.1, 0.15) is 47.5 Å². The Morgan fingerprint density at radius 2 is 1.81 bits per heavy atom. The monoisotopic (exact) mass is 226 g/mol. The molecule has 1 aliphatic rings. The van der Waals surface area contributed by atoms with Gasteiger partial charge in [-0.25, -0.2) is 0 Å². The molecule has 1 N–H and O–H groups in total. The van der Waals surface area contributed by atoms with Gasteiger partial charge in [-0.1, -0.05) is 34.6 Å². The van der Waals surface area contributed by atoms with Gasteiger partial charge in [0.25, 0.3) is 0 Å². The summed E-state index contributed by atoms with van der Waals surface area (Å²) in [6.45, 7) is 16.5. The second-order valence-electron chi connectivity index (χ2n) is 6.46. The van der Waals surface area contributed by atoms with Crippen LogP contribution >= 0.6 is 0 Å². The largest absolute Gasteiger partial charge is 0.312 e. The molecule has 0 aromatic carbocycles. The first-order valence-corrected chi connectivity index (χ1v) is 6.89. The summed E-state index contributed by atoms with van der Waals surface area (Å²) in [6.07, 6.45) is 2.76. The molecule has 0 bridgehead atoms. The van der Waals surface area contributed by atoms with Crippen LogP contribution in [0.2, 0.25) is 0 Å². The predicted octanol–water partition coefficient (Wildman–Crippen LogP) is 2.74. The Bertz CT molecular complexity index is 187. The van der Waals surface area contributed by atoms with E-state index in [9.17, 15) is 0 Å². The fourth-order valence-corrected chi connectivity index (χ4v) is 2.39. The highest BCUT2D eigenvalue weighted by atomic mass is 15.2. The summed E-state index contributed by atoms with van der Waals surface area (Å²) >= 11 is 0. The second-order valence-corrected chi connectivity index (χ2v) is 6.46. The Balaban J connectivity index is 2.42. The molecule has 1 unspecified atom stereocenters. The van der Waals surface area contributed by atoms with Crippen LogP contribution in [0, 0.1) is 11.3 Å². The minimum Gasteiger partial charge on any atom is -0.312 e. The van der Waals surface area contributed by atoms with E-state index >= 15 is 0 Å². The number of hydrogen-bond acceptors (Lipinski definition) is 2. The van der Waals surface area contributed by atoms with E-state index in [2.05, 4.69) is 44.8 Å². The lowest BCUT2D eigenvalue weighted by atomic mass is 9.85. The first-order chi connectivity index (χ1) is 7.43. The van der Waals surface area contributed by atoms with Gasteiger partial charge in [-0.2, -0.15) is 0 Å². The van der Waals surface area contributed by atoms with Crippen LogP contribution in [-0.4, -0.2) is 37.1 Å². The van der Waals surface area contributed by atoms with Gasteiger partial charge in [0, 0.05) is 12.6 Å². The van der Waals surface area contributed by atoms with Crippen LogP contribution in [0.5, 0.6) is 0 Å². The van der Waals surface area contributed by atoms with Gasteiger partial charge in [-0.05, 0) is 43.8 Å². The molecule has 0 aromatic rings. The lowest BCUT2D eigenvalue weighted by Gasteiger charge is -2.38. The zero-order chi connectivity index (χ0) is 12.2. The molecule has 1 fully saturated rings. The molecule has 0 aromatic heterocycles. The van der Waals surface area contributed by atoms with Crippen LogP contribution in [0.15, 0.2) is 0 Å². The quantitative estimate of drug-likeness (QED) is 0.793. The van der Waals surface area contributed by atoms with E-state index in [4.69, 9.17) is 0 Å². The SMILES string of the molecule is CCNC(CN1CCC(C)CC1)C(C)(C)C. The third-order valence-corrected chi connectivity index (χ3v) is 3.81. The fourth-order valence-electron chi connectivity index (χ4n) is 2.39. The van der Waals surface area contributed by atoms with E-state index < -0.39 is 0 Å². The minimum absolute atomic E-state index is 0.360. The molecule has 0 amide bonds. The number of hydrogen-bond donors (Lipinski definition) is 1. The summed E-state index contributed by atoms with van der Waals surface area (Å²) < 4.78 is 0. The highest BCUT2D eigenvalue weighted by molar-refractivity contribution is 4.84. The van der Waals surface area contributed by atoms with Crippen LogP contribution in [-0.2, 0) is 0 Å². The van der Waals surface area contributed by atoms with Crippen molar-refractivity contribution in [3.63, 3.8) is 0 Å². The van der Waals surface area contributed by atoms with Gasteiger partial charge in [0.1, 0.15) is 0 Å². The Labute approximate surface area is 102 Å². The van der Waals surface area contributed by atoms with E-state index in [1.807, 2.05) is 0 Å². The van der Waals surface area contributed by atoms with Crippen molar-refractivity contribution in [2.45, 2.75) is 53.5 Å². The maximum absolute atomic E-state index is 3.64. The van der Waals surface area contributed by atoms with Crippen molar-refractivity contribution in [2.24, 2.45) is 11.3 Å². The Morgan fingerprint density at radius 3 is 2.25 bits per heavy atom. The molecule has 0 aliphatic carbocycles. The van der Waals surface area contributed by atoms with Gasteiger partial charge in [0.05, 0.1) is 0 Å². The van der Waals surface area contributed by atoms with Crippen molar-refractivity contribution >= 4 is 0 Å². The van der Waals surface area contributed by atoms with E-state index in [1.54, 1.807) is 0 Å². The topological polar surface area (TPSA) is 15.3 Å². The van der Waals surface area contributed by atoms with Gasteiger partial charge >= 0.3 is 0 Å². The minimum atomic E-state index is 0.360. The van der Waals surface area contributed by atoms with Crippen molar-refractivity contribution in [3.05, 3.63) is 0 Å². The van der Waals surface area contributed by atoms with Gasteiger partial charge in [-0.15, -0.1) is 0 Å². The summed E-state index contributed by atoms with van der Waals surface area (Å²) in [4.78, 5) is 2.64. The fraction of sp³-hybridized carbons (Fsp3) is 1.00. The average molecular weight is 226 g/mol. The third-order valence-electron chi connectivity index (χ3n) is 3.81. The molecular weight excluding hydrogens is 196 g/mol. The summed E-state index contributed by atoms with van der Waals surface area (Å²) in [5.74, 6) is 0.934. The first kappa shape index (κ1) is 14.0. The van der Waals surface area contributed by atoms with Crippen LogP contribution in [0.4, 0.5) is 0 Å². The Morgan fingerprint density at radius 1 is 1.25 bits per heavy atom. The molecule has 2 nitrogen and oxygen atoms in total. The Kier molecular flexibility index (Phi) is 5.26. The zero-order valence-electron chi connectivity index (χ0n) is 11.8. The number of rotatable bonds is 4. The number of piperidine rings is 1. The maximum atomic E-state index is 3.64. The van der Waals surface area contributed by atoms with E-state index in [1.165, 1.54) is 32.5 Å². The van der Waals surface area contributed by atoms with Crippen molar-refractivity contribution < 1.29 is 0 Å². The normalized spacial score (nSPS) is 22.3. The number of likely N-dealkylation sites (N-methyl/N-ethyl adjacent to an activating group) is 1. The molecule has 0 radical (unpaired) electrons. The molecule has 0 saturated carbocycles. The molecule has 96 valence electrons. The lowest BCUT2D eigenvalue weighted by molar-refractivity contribution is 0.137. The highest BCUT2D eigenvalue weighted by Gasteiger charge is 2.27. The summed E-state index contributed by atoms with van der Waals surface area (Å²) in [5, 5.41) is 3.64. The number of nitrogens with one attached hydrogen (secondary N) is 1. The van der Waals surface area contributed by atoms with Crippen molar-refractivity contribution in [2.75, 3.05) is 26.2 Å². The first-order valence-electron chi connectivity index (χ1n) is 6.89. The summed E-state index contributed by atoms with van der Waals surface area (Å²) in [6, 6.07) is 0.617. The van der Waals surface area contributed by atoms with E-state index in [-0.39, 0.29) is 0 Å². The molecule has 1 atom stereocenters. The van der Waals surface area contributed by atoms with Gasteiger partial charge in [-0.3, -0.25) is 0 Å². The average Bonchev–Trinajstić information content (AvgIpc) is 2.19. The molecule has 1 rings (SSSR count). The smallest absolute Gasteiger partial charge is 0.0243 e. The van der Waals surface area contributed by atoms with Crippen molar-refractivity contribution in [3.8, 4) is 0 Å². The van der Waals surface area contributed by atoms with E-state index in [0.717, 1.165) is 12.5 Å². The summed E-state index contributed by atoms with van der Waals surface area (Å²) in [5.41, 5.74) is 0.360. The van der Waals surface area contributed by atoms with Crippen LogP contribution in [0.3, 0.4) is 0 Å². The van der Waals surface area contributed by atoms with Gasteiger partial charge < -0.3 is 10.2 Å². The lowest BCUT2D eigenvalue weighted by Crippen LogP contribution is -2.50. The number of nitrogens with zero attached hydrogens (tertiary/aromatic N) is 1. The third kappa shape index (κ3) is 4.42. The highest BCUT2D eigenvalue weighted by Crippen LogP contribution is 2.22. The molecule has 16 heavy (non-hydrogen) atoms. The van der Waals surface area contributed by atoms with Crippen molar-refractivity contribution in [1.29, 1.82) is 0 Å². The zero-order valence-corrected chi connectivity index (χ0v) is 11.8. The van der Waals surface area contributed by atoms with Crippen LogP contribution in [0.25, 0.3) is 0 Å². The molecule has 2 heteroatoms. The van der Waals surface area contributed by atoms with Gasteiger partial charge in [0.2, 0.25) is 0 Å². The maximum Gasteiger partial charge on any atom is 0.0243 e. The molecule has 0 spiro atoms. The van der Waals surface area contributed by atoms with E-state index in [0.29, 0.717) is 11.5 Å². The second kappa shape index (κ2) is 6.02.